The molecule has 0 bridgehead atoms. The highest BCUT2D eigenvalue weighted by atomic mass is 16.2. The van der Waals surface area contributed by atoms with Crippen molar-refractivity contribution >= 4 is 29.3 Å². The molecule has 0 spiro atoms. The summed E-state index contributed by atoms with van der Waals surface area (Å²) in [6, 6.07) is 4.53. The third-order valence-corrected chi connectivity index (χ3v) is 3.15. The van der Waals surface area contributed by atoms with Gasteiger partial charge in [-0.2, -0.15) is 0 Å². The third kappa shape index (κ3) is 1.53. The zero-order chi connectivity index (χ0) is 14.4. The maximum Gasteiger partial charge on any atom is 0.274 e. The topological polar surface area (TPSA) is 110 Å². The normalized spacial score (nSPS) is 18.0. The van der Waals surface area contributed by atoms with Crippen LogP contribution in [0.25, 0.3) is 0 Å². The minimum atomic E-state index is -0.769. The standard InChI is InChI=1S/C13H9N3O4/c14-7-3-1-2-6-10(7)13(20)16(12(6)19)8-4-5-9(17)15-11(8)18/h1-4H,5,14H2,(H,15,17,18). The number of nitrogens with two attached hydrogens (primary N) is 1. The number of nitrogens with one attached hydrogen (secondary N) is 1. The Morgan fingerprint density at radius 2 is 1.85 bits per heavy atom. The summed E-state index contributed by atoms with van der Waals surface area (Å²) in [5, 5.41) is 2.07. The van der Waals surface area contributed by atoms with Crippen LogP contribution >= 0.6 is 0 Å². The molecule has 0 saturated carbocycles. The van der Waals surface area contributed by atoms with Gasteiger partial charge in [-0.15, -0.1) is 0 Å². The second kappa shape index (κ2) is 4.02. The summed E-state index contributed by atoms with van der Waals surface area (Å²) in [5.41, 5.74) is 5.97. The van der Waals surface area contributed by atoms with Crippen LogP contribution in [-0.2, 0) is 9.59 Å². The number of rotatable bonds is 1. The summed E-state index contributed by atoms with van der Waals surface area (Å²) >= 11 is 0. The molecule has 4 amide bonds. The Morgan fingerprint density at radius 1 is 1.10 bits per heavy atom. The second-order valence-corrected chi connectivity index (χ2v) is 4.39. The number of hydrogen-bond donors (Lipinski definition) is 2. The lowest BCUT2D eigenvalue weighted by atomic mass is 10.1. The van der Waals surface area contributed by atoms with Gasteiger partial charge in [-0.05, 0) is 18.2 Å². The number of anilines is 1. The Hall–Kier alpha value is -2.96. The van der Waals surface area contributed by atoms with E-state index in [4.69, 9.17) is 5.73 Å². The minimum Gasteiger partial charge on any atom is -0.398 e. The highest BCUT2D eigenvalue weighted by molar-refractivity contribution is 6.27. The fourth-order valence-electron chi connectivity index (χ4n) is 2.25. The van der Waals surface area contributed by atoms with E-state index in [1.54, 1.807) is 6.07 Å². The van der Waals surface area contributed by atoms with Crippen molar-refractivity contribution in [2.75, 3.05) is 5.73 Å². The van der Waals surface area contributed by atoms with Gasteiger partial charge >= 0.3 is 0 Å². The first kappa shape index (κ1) is 12.1. The molecule has 0 fully saturated rings. The highest BCUT2D eigenvalue weighted by Crippen LogP contribution is 2.30. The predicted octanol–water partition coefficient (Wildman–Crippen LogP) is -0.205. The van der Waals surface area contributed by atoms with Crippen LogP contribution in [0.15, 0.2) is 30.0 Å². The van der Waals surface area contributed by atoms with Crippen molar-refractivity contribution in [1.82, 2.24) is 10.2 Å². The van der Waals surface area contributed by atoms with Crippen LogP contribution in [0.5, 0.6) is 0 Å². The van der Waals surface area contributed by atoms with Gasteiger partial charge in [-0.1, -0.05) is 6.07 Å². The molecule has 2 aliphatic heterocycles. The van der Waals surface area contributed by atoms with Gasteiger partial charge in [0.15, 0.2) is 0 Å². The summed E-state index contributed by atoms with van der Waals surface area (Å²) in [6.07, 6.45) is 1.20. The lowest BCUT2D eigenvalue weighted by molar-refractivity contribution is -0.129. The Balaban J connectivity index is 2.09. The van der Waals surface area contributed by atoms with E-state index < -0.39 is 23.6 Å². The van der Waals surface area contributed by atoms with E-state index >= 15 is 0 Å². The zero-order valence-corrected chi connectivity index (χ0v) is 10.2. The molecule has 1 aromatic rings. The van der Waals surface area contributed by atoms with Crippen LogP contribution in [0, 0.1) is 0 Å². The van der Waals surface area contributed by atoms with Crippen LogP contribution in [-0.4, -0.2) is 28.5 Å². The fourth-order valence-corrected chi connectivity index (χ4v) is 2.25. The SMILES string of the molecule is Nc1cccc2c1C(=O)N(C1=CCC(=O)NC1=O)C2=O. The summed E-state index contributed by atoms with van der Waals surface area (Å²) < 4.78 is 0. The smallest absolute Gasteiger partial charge is 0.274 e. The molecule has 100 valence electrons. The molecule has 0 aromatic heterocycles. The number of nitrogens with zero attached hydrogens (tertiary/aromatic N) is 1. The van der Waals surface area contributed by atoms with Crippen LogP contribution in [0.4, 0.5) is 5.69 Å². The summed E-state index contributed by atoms with van der Waals surface area (Å²) in [5.74, 6) is -2.52. The molecule has 2 aliphatic rings. The van der Waals surface area contributed by atoms with Gasteiger partial charge in [0.25, 0.3) is 17.7 Å². The molecular formula is C13H9N3O4. The number of carbonyl (C=O) groups excluding carboxylic acids is 4. The largest absolute Gasteiger partial charge is 0.398 e. The lowest BCUT2D eigenvalue weighted by Gasteiger charge is -2.19. The van der Waals surface area contributed by atoms with E-state index in [1.165, 1.54) is 18.2 Å². The number of nitrogen functional groups attached to an aromatic ring is 1. The molecule has 0 atom stereocenters. The molecule has 20 heavy (non-hydrogen) atoms. The Morgan fingerprint density at radius 3 is 2.50 bits per heavy atom. The Labute approximate surface area is 113 Å². The Kier molecular flexibility index (Phi) is 2.43. The molecule has 2 heterocycles. The van der Waals surface area contributed by atoms with Gasteiger partial charge in [0.1, 0.15) is 5.70 Å². The average molecular weight is 271 g/mol. The first-order chi connectivity index (χ1) is 9.50. The van der Waals surface area contributed by atoms with Crippen molar-refractivity contribution in [1.29, 1.82) is 0 Å². The third-order valence-electron chi connectivity index (χ3n) is 3.15. The van der Waals surface area contributed by atoms with E-state index in [0.29, 0.717) is 0 Å². The molecule has 0 saturated heterocycles. The van der Waals surface area contributed by atoms with Crippen LogP contribution < -0.4 is 11.1 Å². The zero-order valence-electron chi connectivity index (χ0n) is 10.2. The predicted molar refractivity (Wildman–Crippen MR) is 67.2 cm³/mol. The first-order valence-corrected chi connectivity index (χ1v) is 5.82. The minimum absolute atomic E-state index is 0.0655. The second-order valence-electron chi connectivity index (χ2n) is 4.39. The first-order valence-electron chi connectivity index (χ1n) is 5.82. The molecule has 7 nitrogen and oxygen atoms in total. The average Bonchev–Trinajstić information content (AvgIpc) is 2.64. The van der Waals surface area contributed by atoms with Crippen LogP contribution in [0.1, 0.15) is 27.1 Å². The van der Waals surface area contributed by atoms with Gasteiger partial charge in [-0.25, -0.2) is 4.90 Å². The van der Waals surface area contributed by atoms with E-state index in [-0.39, 0.29) is 28.9 Å². The molecule has 3 N–H and O–H groups in total. The quantitative estimate of drug-likeness (QED) is 0.542. The number of carbonyl (C=O) groups is 4. The molecule has 0 aliphatic carbocycles. The van der Waals surface area contributed by atoms with Crippen molar-refractivity contribution in [2.24, 2.45) is 0 Å². The van der Waals surface area contributed by atoms with E-state index in [9.17, 15) is 19.2 Å². The molecular weight excluding hydrogens is 262 g/mol. The molecule has 0 radical (unpaired) electrons. The number of hydrogen-bond acceptors (Lipinski definition) is 5. The molecule has 1 aromatic carbocycles. The Bertz CT molecular complexity index is 720. The van der Waals surface area contributed by atoms with Gasteiger partial charge < -0.3 is 5.73 Å². The lowest BCUT2D eigenvalue weighted by Crippen LogP contribution is -2.43. The van der Waals surface area contributed by atoms with Crippen LogP contribution in [0.3, 0.4) is 0 Å². The van der Waals surface area contributed by atoms with E-state index in [0.717, 1.165) is 4.90 Å². The monoisotopic (exact) mass is 271 g/mol. The van der Waals surface area contributed by atoms with E-state index in [2.05, 4.69) is 5.32 Å². The number of amides is 4. The summed E-state index contributed by atoms with van der Waals surface area (Å²) in [7, 11) is 0. The highest BCUT2D eigenvalue weighted by Gasteiger charge is 2.42. The van der Waals surface area contributed by atoms with E-state index in [1.807, 2.05) is 0 Å². The molecule has 3 rings (SSSR count). The van der Waals surface area contributed by atoms with Gasteiger partial charge in [-0.3, -0.25) is 24.5 Å². The van der Waals surface area contributed by atoms with Gasteiger partial charge in [0.05, 0.1) is 11.1 Å². The van der Waals surface area contributed by atoms with Crippen molar-refractivity contribution < 1.29 is 19.2 Å². The van der Waals surface area contributed by atoms with Crippen molar-refractivity contribution in [2.45, 2.75) is 6.42 Å². The fraction of sp³-hybridized carbons (Fsp3) is 0.0769. The van der Waals surface area contributed by atoms with Gasteiger partial charge in [0, 0.05) is 12.1 Å². The van der Waals surface area contributed by atoms with Crippen molar-refractivity contribution in [3.05, 3.63) is 41.1 Å². The summed E-state index contributed by atoms with van der Waals surface area (Å²) in [6.45, 7) is 0. The molecule has 7 heteroatoms. The van der Waals surface area contributed by atoms with Gasteiger partial charge in [0.2, 0.25) is 5.91 Å². The molecule has 0 unspecified atom stereocenters. The maximum absolute atomic E-state index is 12.3. The van der Waals surface area contributed by atoms with Crippen molar-refractivity contribution in [3.63, 3.8) is 0 Å². The van der Waals surface area contributed by atoms with Crippen LogP contribution in [0.2, 0.25) is 0 Å². The number of benzene rings is 1. The van der Waals surface area contributed by atoms with Crippen molar-refractivity contribution in [3.8, 4) is 0 Å². The number of fused-ring (bicyclic) bond motifs is 1. The number of imide groups is 2. The maximum atomic E-state index is 12.3. The summed E-state index contributed by atoms with van der Waals surface area (Å²) in [4.78, 5) is 48.1.